The fourth-order valence-corrected chi connectivity index (χ4v) is 2.74. The third kappa shape index (κ3) is 3.29. The Hall–Kier alpha value is -2.16. The monoisotopic (exact) mass is 324 g/mol. The topological polar surface area (TPSA) is 140 Å². The van der Waals surface area contributed by atoms with Gasteiger partial charge in [0, 0.05) is 13.1 Å². The number of hydrogen-bond acceptors (Lipinski definition) is 9. The lowest BCUT2D eigenvalue weighted by Gasteiger charge is -2.46. The van der Waals surface area contributed by atoms with E-state index in [9.17, 15) is 9.90 Å². The molecule has 1 saturated heterocycles. The minimum atomic E-state index is -1.15. The van der Waals surface area contributed by atoms with Crippen LogP contribution in [0.2, 0.25) is 0 Å². The van der Waals surface area contributed by atoms with Crippen LogP contribution in [0.4, 0.5) is 17.8 Å². The number of carbonyl (C=O) groups excluding carboxylic acids is 1. The van der Waals surface area contributed by atoms with Crippen molar-refractivity contribution in [3.63, 3.8) is 0 Å². The van der Waals surface area contributed by atoms with Crippen molar-refractivity contribution in [2.75, 3.05) is 36.1 Å². The summed E-state index contributed by atoms with van der Waals surface area (Å²) >= 11 is 0. The Labute approximate surface area is 135 Å². The molecule has 0 radical (unpaired) electrons. The molecule has 5 N–H and O–H groups in total. The molecule has 9 heteroatoms. The SMILES string of the molecule is CCOC(=O)C(C)(C)C1(O)CCN(c2nc(N)nc(N)n2)CC1. The maximum Gasteiger partial charge on any atom is 0.314 e. The summed E-state index contributed by atoms with van der Waals surface area (Å²) in [5.41, 5.74) is 9.02. The fraction of sp³-hybridized carbons (Fsp3) is 0.714. The maximum atomic E-state index is 12.1. The van der Waals surface area contributed by atoms with Crippen molar-refractivity contribution in [1.29, 1.82) is 0 Å². The Morgan fingerprint density at radius 2 is 1.78 bits per heavy atom. The Morgan fingerprint density at radius 3 is 2.26 bits per heavy atom. The van der Waals surface area contributed by atoms with Crippen molar-refractivity contribution in [1.82, 2.24) is 15.0 Å². The summed E-state index contributed by atoms with van der Waals surface area (Å²) < 4.78 is 5.09. The van der Waals surface area contributed by atoms with E-state index in [-0.39, 0.29) is 18.5 Å². The van der Waals surface area contributed by atoms with E-state index in [1.165, 1.54) is 0 Å². The summed E-state index contributed by atoms with van der Waals surface area (Å²) in [6.45, 7) is 6.40. The molecule has 1 aliphatic rings. The van der Waals surface area contributed by atoms with Gasteiger partial charge in [0.25, 0.3) is 0 Å². The molecule has 23 heavy (non-hydrogen) atoms. The van der Waals surface area contributed by atoms with Crippen molar-refractivity contribution >= 4 is 23.8 Å². The molecule has 0 aromatic carbocycles. The predicted molar refractivity (Wildman–Crippen MR) is 85.5 cm³/mol. The number of aliphatic hydroxyl groups is 1. The highest BCUT2D eigenvalue weighted by Crippen LogP contribution is 2.40. The quantitative estimate of drug-likeness (QED) is 0.650. The number of hydrogen-bond donors (Lipinski definition) is 3. The molecule has 0 amide bonds. The fourth-order valence-electron chi connectivity index (χ4n) is 2.74. The van der Waals surface area contributed by atoms with Crippen LogP contribution in [-0.2, 0) is 9.53 Å². The largest absolute Gasteiger partial charge is 0.465 e. The predicted octanol–water partition coefficient (Wildman–Crippen LogP) is -0.0434. The number of nitrogen functional groups attached to an aromatic ring is 2. The highest BCUT2D eigenvalue weighted by molar-refractivity contribution is 5.77. The molecule has 128 valence electrons. The standard InChI is InChI=1S/C14H24N6O3/c1-4-23-9(21)13(2,3)14(22)5-7-20(8-6-14)12-18-10(15)17-11(16)19-12/h22H,4-8H2,1-3H3,(H4,15,16,17,18,19). The van der Waals surface area contributed by atoms with Crippen molar-refractivity contribution in [3.05, 3.63) is 0 Å². The van der Waals surface area contributed by atoms with E-state index in [4.69, 9.17) is 16.2 Å². The van der Waals surface area contributed by atoms with Crippen LogP contribution in [0.25, 0.3) is 0 Å². The van der Waals surface area contributed by atoms with Gasteiger partial charge >= 0.3 is 5.97 Å². The zero-order valence-corrected chi connectivity index (χ0v) is 13.7. The summed E-state index contributed by atoms with van der Waals surface area (Å²) in [7, 11) is 0. The average Bonchev–Trinajstić information content (AvgIpc) is 2.47. The van der Waals surface area contributed by atoms with Crippen molar-refractivity contribution in [2.24, 2.45) is 5.41 Å². The van der Waals surface area contributed by atoms with Gasteiger partial charge in [-0.1, -0.05) is 0 Å². The third-order valence-corrected chi connectivity index (χ3v) is 4.48. The van der Waals surface area contributed by atoms with E-state index in [2.05, 4.69) is 15.0 Å². The summed E-state index contributed by atoms with van der Waals surface area (Å²) in [5.74, 6) is 0.0935. The number of ether oxygens (including phenoxy) is 1. The van der Waals surface area contributed by atoms with Crippen LogP contribution in [0.15, 0.2) is 0 Å². The number of nitrogens with two attached hydrogens (primary N) is 2. The van der Waals surface area contributed by atoms with Gasteiger partial charge in [0.2, 0.25) is 17.8 Å². The van der Waals surface area contributed by atoms with Gasteiger partial charge in [-0.05, 0) is 33.6 Å². The van der Waals surface area contributed by atoms with E-state index in [0.717, 1.165) is 0 Å². The maximum absolute atomic E-state index is 12.1. The van der Waals surface area contributed by atoms with Crippen LogP contribution in [0.5, 0.6) is 0 Å². The Bertz CT molecular complexity index is 564. The van der Waals surface area contributed by atoms with Gasteiger partial charge in [-0.2, -0.15) is 15.0 Å². The molecular weight excluding hydrogens is 300 g/mol. The molecule has 0 unspecified atom stereocenters. The molecule has 0 aliphatic carbocycles. The second-order valence-electron chi connectivity index (χ2n) is 6.22. The van der Waals surface area contributed by atoms with Gasteiger partial charge in [0.15, 0.2) is 0 Å². The number of anilines is 3. The summed E-state index contributed by atoms with van der Waals surface area (Å²) in [5, 5.41) is 10.9. The van der Waals surface area contributed by atoms with Gasteiger partial charge in [-0.15, -0.1) is 0 Å². The third-order valence-electron chi connectivity index (χ3n) is 4.48. The smallest absolute Gasteiger partial charge is 0.314 e. The van der Waals surface area contributed by atoms with Crippen LogP contribution in [0.3, 0.4) is 0 Å². The molecule has 0 spiro atoms. The van der Waals surface area contributed by atoms with E-state index < -0.39 is 17.0 Å². The van der Waals surface area contributed by atoms with Gasteiger partial charge < -0.3 is 26.2 Å². The van der Waals surface area contributed by atoms with Crippen LogP contribution in [-0.4, -0.2) is 51.3 Å². The van der Waals surface area contributed by atoms with Crippen LogP contribution in [0, 0.1) is 5.41 Å². The van der Waals surface area contributed by atoms with Crippen molar-refractivity contribution in [2.45, 2.75) is 39.2 Å². The zero-order chi connectivity index (χ0) is 17.3. The Kier molecular flexibility index (Phi) is 4.60. The second-order valence-corrected chi connectivity index (χ2v) is 6.22. The van der Waals surface area contributed by atoms with E-state index in [1.54, 1.807) is 20.8 Å². The average molecular weight is 324 g/mol. The lowest BCUT2D eigenvalue weighted by Crippen LogP contribution is -2.56. The second kappa shape index (κ2) is 6.15. The molecule has 0 bridgehead atoms. The van der Waals surface area contributed by atoms with Crippen LogP contribution >= 0.6 is 0 Å². The summed E-state index contributed by atoms with van der Waals surface area (Å²) in [6.07, 6.45) is 0.759. The molecule has 1 aromatic heterocycles. The molecule has 1 aliphatic heterocycles. The zero-order valence-electron chi connectivity index (χ0n) is 13.7. The molecule has 2 rings (SSSR count). The van der Waals surface area contributed by atoms with Crippen LogP contribution < -0.4 is 16.4 Å². The highest BCUT2D eigenvalue weighted by Gasteiger charge is 2.51. The molecule has 0 saturated carbocycles. The summed E-state index contributed by atoms with van der Waals surface area (Å²) in [6, 6.07) is 0. The molecule has 0 atom stereocenters. The summed E-state index contributed by atoms with van der Waals surface area (Å²) in [4.78, 5) is 25.9. The number of carbonyl (C=O) groups is 1. The molecule has 1 fully saturated rings. The molecular formula is C14H24N6O3. The Morgan fingerprint density at radius 1 is 1.26 bits per heavy atom. The van der Waals surface area contributed by atoms with Crippen LogP contribution in [0.1, 0.15) is 33.6 Å². The number of rotatable bonds is 4. The van der Waals surface area contributed by atoms with Gasteiger partial charge in [-0.3, -0.25) is 4.79 Å². The molecule has 2 heterocycles. The Balaban J connectivity index is 2.11. The van der Waals surface area contributed by atoms with Gasteiger partial charge in [0.05, 0.1) is 17.6 Å². The van der Waals surface area contributed by atoms with Crippen molar-refractivity contribution in [3.8, 4) is 0 Å². The molecule has 9 nitrogen and oxygen atoms in total. The van der Waals surface area contributed by atoms with Crippen molar-refractivity contribution < 1.29 is 14.6 Å². The lowest BCUT2D eigenvalue weighted by molar-refractivity contribution is -0.173. The molecule has 1 aromatic rings. The lowest BCUT2D eigenvalue weighted by atomic mass is 9.69. The van der Waals surface area contributed by atoms with E-state index >= 15 is 0 Å². The number of piperidine rings is 1. The first-order valence-electron chi connectivity index (χ1n) is 7.61. The van der Waals surface area contributed by atoms with Gasteiger partial charge in [-0.25, -0.2) is 0 Å². The van der Waals surface area contributed by atoms with Gasteiger partial charge in [0.1, 0.15) is 0 Å². The first-order valence-corrected chi connectivity index (χ1v) is 7.61. The number of aromatic nitrogens is 3. The van der Waals surface area contributed by atoms with E-state index in [0.29, 0.717) is 31.9 Å². The minimum Gasteiger partial charge on any atom is -0.465 e. The first-order chi connectivity index (χ1) is 10.7. The minimum absolute atomic E-state index is 0.0557. The highest BCUT2D eigenvalue weighted by atomic mass is 16.5. The first kappa shape index (κ1) is 17.2. The normalized spacial score (nSPS) is 17.8. The van der Waals surface area contributed by atoms with E-state index in [1.807, 2.05) is 4.90 Å². The number of nitrogens with zero attached hydrogens (tertiary/aromatic N) is 4. The number of esters is 1.